The second kappa shape index (κ2) is 6.01. The molecular formula is C11H17N3O. The minimum absolute atomic E-state index is 0.144. The Morgan fingerprint density at radius 1 is 1.53 bits per heavy atom. The van der Waals surface area contributed by atoms with Gasteiger partial charge in [0.25, 0.3) is 0 Å². The summed E-state index contributed by atoms with van der Waals surface area (Å²) in [5.74, 6) is 0. The zero-order chi connectivity index (χ0) is 11.1. The molecule has 1 aromatic heterocycles. The Hall–Kier alpha value is -1.58. The Morgan fingerprint density at radius 2 is 2.33 bits per heavy atom. The van der Waals surface area contributed by atoms with Crippen LogP contribution < -0.4 is 10.6 Å². The predicted molar refractivity (Wildman–Crippen MR) is 59.4 cm³/mol. The smallest absolute Gasteiger partial charge is 0.315 e. The molecule has 0 saturated carbocycles. The SMILES string of the molecule is CC[C@H](C)NC(=O)NCc1ccccn1. The second-order valence-corrected chi connectivity index (χ2v) is 3.46. The first-order chi connectivity index (χ1) is 7.22. The number of aromatic nitrogens is 1. The third kappa shape index (κ3) is 4.44. The van der Waals surface area contributed by atoms with Crippen LogP contribution in [0, 0.1) is 0 Å². The molecule has 0 unspecified atom stereocenters. The zero-order valence-corrected chi connectivity index (χ0v) is 9.16. The van der Waals surface area contributed by atoms with Crippen LogP contribution in [0.5, 0.6) is 0 Å². The number of urea groups is 1. The van der Waals surface area contributed by atoms with Gasteiger partial charge in [-0.3, -0.25) is 4.98 Å². The summed E-state index contributed by atoms with van der Waals surface area (Å²) in [4.78, 5) is 15.4. The summed E-state index contributed by atoms with van der Waals surface area (Å²) >= 11 is 0. The fourth-order valence-corrected chi connectivity index (χ4v) is 1.05. The molecule has 1 atom stereocenters. The van der Waals surface area contributed by atoms with Gasteiger partial charge in [0.05, 0.1) is 12.2 Å². The van der Waals surface area contributed by atoms with Crippen LogP contribution in [0.1, 0.15) is 26.0 Å². The average Bonchev–Trinajstić information content (AvgIpc) is 2.27. The summed E-state index contributed by atoms with van der Waals surface area (Å²) in [7, 11) is 0. The predicted octanol–water partition coefficient (Wildman–Crippen LogP) is 1.68. The summed E-state index contributed by atoms with van der Waals surface area (Å²) in [6.45, 7) is 4.47. The van der Waals surface area contributed by atoms with Crippen molar-refractivity contribution in [3.63, 3.8) is 0 Å². The van der Waals surface area contributed by atoms with Crippen molar-refractivity contribution in [1.29, 1.82) is 0 Å². The Kier molecular flexibility index (Phi) is 4.60. The Labute approximate surface area is 90.1 Å². The summed E-state index contributed by atoms with van der Waals surface area (Å²) < 4.78 is 0. The molecule has 0 aliphatic rings. The van der Waals surface area contributed by atoms with E-state index in [4.69, 9.17) is 0 Å². The van der Waals surface area contributed by atoms with Crippen LogP contribution in [0.25, 0.3) is 0 Å². The average molecular weight is 207 g/mol. The molecule has 4 nitrogen and oxygen atoms in total. The van der Waals surface area contributed by atoms with Crippen molar-refractivity contribution in [2.75, 3.05) is 0 Å². The zero-order valence-electron chi connectivity index (χ0n) is 9.16. The van der Waals surface area contributed by atoms with Crippen LogP contribution in [0.2, 0.25) is 0 Å². The highest BCUT2D eigenvalue weighted by molar-refractivity contribution is 5.74. The van der Waals surface area contributed by atoms with E-state index < -0.39 is 0 Å². The molecule has 82 valence electrons. The number of nitrogens with zero attached hydrogens (tertiary/aromatic N) is 1. The molecule has 0 aliphatic carbocycles. The van der Waals surface area contributed by atoms with Gasteiger partial charge in [0.15, 0.2) is 0 Å². The van der Waals surface area contributed by atoms with Crippen molar-refractivity contribution < 1.29 is 4.79 Å². The van der Waals surface area contributed by atoms with E-state index in [0.717, 1.165) is 12.1 Å². The van der Waals surface area contributed by atoms with E-state index >= 15 is 0 Å². The minimum atomic E-state index is -0.144. The fraction of sp³-hybridized carbons (Fsp3) is 0.455. The van der Waals surface area contributed by atoms with Gasteiger partial charge < -0.3 is 10.6 Å². The van der Waals surface area contributed by atoms with Crippen LogP contribution in [0.15, 0.2) is 24.4 Å². The first-order valence-electron chi connectivity index (χ1n) is 5.16. The van der Waals surface area contributed by atoms with Crippen molar-refractivity contribution in [2.24, 2.45) is 0 Å². The maximum atomic E-state index is 11.3. The normalized spacial score (nSPS) is 11.9. The number of hydrogen-bond acceptors (Lipinski definition) is 2. The summed E-state index contributed by atoms with van der Waals surface area (Å²) in [5.41, 5.74) is 0.858. The van der Waals surface area contributed by atoms with Crippen LogP contribution in [0.4, 0.5) is 4.79 Å². The van der Waals surface area contributed by atoms with E-state index in [9.17, 15) is 4.79 Å². The standard InChI is InChI=1S/C11H17N3O/c1-3-9(2)14-11(15)13-8-10-6-4-5-7-12-10/h4-7,9H,3,8H2,1-2H3,(H2,13,14,15)/t9-/m0/s1. The number of amides is 2. The number of hydrogen-bond donors (Lipinski definition) is 2. The maximum Gasteiger partial charge on any atom is 0.315 e. The quantitative estimate of drug-likeness (QED) is 0.789. The number of carbonyl (C=O) groups is 1. The van der Waals surface area contributed by atoms with Gasteiger partial charge in [0, 0.05) is 12.2 Å². The number of pyridine rings is 1. The van der Waals surface area contributed by atoms with E-state index in [1.165, 1.54) is 0 Å². The molecule has 2 amide bonds. The molecule has 0 bridgehead atoms. The van der Waals surface area contributed by atoms with Gasteiger partial charge in [0.2, 0.25) is 0 Å². The molecule has 0 fully saturated rings. The van der Waals surface area contributed by atoms with Crippen molar-refractivity contribution >= 4 is 6.03 Å². The molecule has 0 radical (unpaired) electrons. The molecule has 0 aliphatic heterocycles. The summed E-state index contributed by atoms with van der Waals surface area (Å²) in [6.07, 6.45) is 2.64. The number of carbonyl (C=O) groups excluding carboxylic acids is 1. The highest BCUT2D eigenvalue weighted by Gasteiger charge is 2.04. The second-order valence-electron chi connectivity index (χ2n) is 3.46. The van der Waals surface area contributed by atoms with Gasteiger partial charge in [-0.2, -0.15) is 0 Å². The van der Waals surface area contributed by atoms with Gasteiger partial charge in [0.1, 0.15) is 0 Å². The van der Waals surface area contributed by atoms with Crippen LogP contribution in [0.3, 0.4) is 0 Å². The largest absolute Gasteiger partial charge is 0.336 e. The molecule has 4 heteroatoms. The van der Waals surface area contributed by atoms with Crippen LogP contribution >= 0.6 is 0 Å². The lowest BCUT2D eigenvalue weighted by atomic mass is 10.3. The lowest BCUT2D eigenvalue weighted by Crippen LogP contribution is -2.40. The lowest BCUT2D eigenvalue weighted by molar-refractivity contribution is 0.237. The molecule has 0 aromatic carbocycles. The van der Waals surface area contributed by atoms with Gasteiger partial charge in [-0.1, -0.05) is 13.0 Å². The van der Waals surface area contributed by atoms with Gasteiger partial charge in [-0.05, 0) is 25.5 Å². The molecule has 15 heavy (non-hydrogen) atoms. The fourth-order valence-electron chi connectivity index (χ4n) is 1.05. The highest BCUT2D eigenvalue weighted by atomic mass is 16.2. The Bertz CT molecular complexity index is 300. The molecule has 1 heterocycles. The van der Waals surface area contributed by atoms with E-state index in [1.54, 1.807) is 6.20 Å². The monoisotopic (exact) mass is 207 g/mol. The van der Waals surface area contributed by atoms with Crippen LogP contribution in [-0.4, -0.2) is 17.1 Å². The van der Waals surface area contributed by atoms with Crippen molar-refractivity contribution in [3.05, 3.63) is 30.1 Å². The number of rotatable bonds is 4. The van der Waals surface area contributed by atoms with E-state index in [1.807, 2.05) is 32.0 Å². The van der Waals surface area contributed by atoms with Crippen LogP contribution in [-0.2, 0) is 6.54 Å². The molecular weight excluding hydrogens is 190 g/mol. The van der Waals surface area contributed by atoms with E-state index in [-0.39, 0.29) is 12.1 Å². The van der Waals surface area contributed by atoms with E-state index in [2.05, 4.69) is 15.6 Å². The first kappa shape index (κ1) is 11.5. The van der Waals surface area contributed by atoms with Crippen molar-refractivity contribution in [3.8, 4) is 0 Å². The molecule has 1 rings (SSSR count). The topological polar surface area (TPSA) is 54.0 Å². The third-order valence-corrected chi connectivity index (χ3v) is 2.15. The summed E-state index contributed by atoms with van der Waals surface area (Å²) in [6, 6.07) is 5.69. The Morgan fingerprint density at radius 3 is 2.93 bits per heavy atom. The minimum Gasteiger partial charge on any atom is -0.336 e. The third-order valence-electron chi connectivity index (χ3n) is 2.15. The Balaban J connectivity index is 2.29. The maximum absolute atomic E-state index is 11.3. The van der Waals surface area contributed by atoms with E-state index in [0.29, 0.717) is 6.54 Å². The van der Waals surface area contributed by atoms with Gasteiger partial charge >= 0.3 is 6.03 Å². The van der Waals surface area contributed by atoms with Gasteiger partial charge in [-0.15, -0.1) is 0 Å². The highest BCUT2D eigenvalue weighted by Crippen LogP contribution is 1.92. The van der Waals surface area contributed by atoms with Crippen molar-refractivity contribution in [1.82, 2.24) is 15.6 Å². The summed E-state index contributed by atoms with van der Waals surface area (Å²) in [5, 5.41) is 5.57. The van der Waals surface area contributed by atoms with Crippen molar-refractivity contribution in [2.45, 2.75) is 32.9 Å². The first-order valence-corrected chi connectivity index (χ1v) is 5.16. The molecule has 1 aromatic rings. The molecule has 0 spiro atoms. The molecule has 0 saturated heterocycles. The number of nitrogens with one attached hydrogen (secondary N) is 2. The molecule has 2 N–H and O–H groups in total. The van der Waals surface area contributed by atoms with Gasteiger partial charge in [-0.25, -0.2) is 4.79 Å². The lowest BCUT2D eigenvalue weighted by Gasteiger charge is -2.12.